The Labute approximate surface area is 79.1 Å². The predicted molar refractivity (Wildman–Crippen MR) is 52.2 cm³/mol. The van der Waals surface area contributed by atoms with Crippen molar-refractivity contribution in [2.24, 2.45) is 0 Å². The normalized spacial score (nSPS) is 10.5. The molecule has 5 heteroatoms. The van der Waals surface area contributed by atoms with E-state index in [0.717, 1.165) is 10.4 Å². The first-order valence-electron chi connectivity index (χ1n) is 3.63. The van der Waals surface area contributed by atoms with Gasteiger partial charge in [0.2, 0.25) is 0 Å². The molecule has 1 aromatic carbocycles. The maximum Gasteiger partial charge on any atom is 0.294 e. The summed E-state index contributed by atoms with van der Waals surface area (Å²) >= 11 is 4.13. The Balaban J connectivity index is 2.76. The van der Waals surface area contributed by atoms with Crippen molar-refractivity contribution in [1.29, 1.82) is 0 Å². The van der Waals surface area contributed by atoms with Gasteiger partial charge in [-0.1, -0.05) is 0 Å². The van der Waals surface area contributed by atoms with Crippen molar-refractivity contribution in [1.82, 2.24) is 4.98 Å². The fourth-order valence-corrected chi connectivity index (χ4v) is 1.45. The molecule has 0 aliphatic carbocycles. The van der Waals surface area contributed by atoms with E-state index < -0.39 is 4.92 Å². The van der Waals surface area contributed by atoms with Crippen molar-refractivity contribution >= 4 is 29.2 Å². The Hall–Kier alpha value is -1.49. The van der Waals surface area contributed by atoms with Gasteiger partial charge in [-0.2, -0.15) is 0 Å². The molecule has 0 saturated heterocycles. The molecular formula is C8H6N2O2S. The van der Waals surface area contributed by atoms with Crippen LogP contribution in [0.4, 0.5) is 5.69 Å². The average Bonchev–Trinajstić information content (AvgIpc) is 2.46. The van der Waals surface area contributed by atoms with Crippen LogP contribution in [0.25, 0.3) is 10.9 Å². The van der Waals surface area contributed by atoms with Gasteiger partial charge in [0.15, 0.2) is 0 Å². The molecule has 0 aliphatic heterocycles. The summed E-state index contributed by atoms with van der Waals surface area (Å²) in [6.45, 7) is 0. The van der Waals surface area contributed by atoms with E-state index in [0.29, 0.717) is 5.39 Å². The Morgan fingerprint density at radius 3 is 2.92 bits per heavy atom. The van der Waals surface area contributed by atoms with Crippen LogP contribution in [0.1, 0.15) is 0 Å². The Bertz CT molecular complexity index is 478. The zero-order valence-corrected chi connectivity index (χ0v) is 7.41. The quantitative estimate of drug-likeness (QED) is 0.416. The van der Waals surface area contributed by atoms with Crippen molar-refractivity contribution in [3.8, 4) is 0 Å². The van der Waals surface area contributed by atoms with E-state index in [1.54, 1.807) is 18.2 Å². The molecule has 0 saturated carbocycles. The van der Waals surface area contributed by atoms with Gasteiger partial charge < -0.3 is 4.98 Å². The minimum Gasteiger partial charge on any atom is -0.355 e. The molecule has 4 nitrogen and oxygen atoms in total. The van der Waals surface area contributed by atoms with Crippen molar-refractivity contribution in [3.63, 3.8) is 0 Å². The first kappa shape index (κ1) is 8.12. The highest BCUT2D eigenvalue weighted by molar-refractivity contribution is 7.80. The van der Waals surface area contributed by atoms with Crippen LogP contribution in [-0.2, 0) is 0 Å². The third-order valence-electron chi connectivity index (χ3n) is 1.84. The Kier molecular flexibility index (Phi) is 1.73. The summed E-state index contributed by atoms with van der Waals surface area (Å²) in [7, 11) is 0. The molecule has 0 unspecified atom stereocenters. The highest BCUT2D eigenvalue weighted by atomic mass is 32.1. The summed E-state index contributed by atoms with van der Waals surface area (Å²) in [5, 5.41) is 11.1. The van der Waals surface area contributed by atoms with Crippen molar-refractivity contribution in [2.75, 3.05) is 0 Å². The van der Waals surface area contributed by atoms with Crippen molar-refractivity contribution < 1.29 is 4.92 Å². The third kappa shape index (κ3) is 1.27. The second kappa shape index (κ2) is 2.77. The van der Waals surface area contributed by atoms with Crippen LogP contribution in [0.3, 0.4) is 0 Å². The molecule has 0 bridgehead atoms. The van der Waals surface area contributed by atoms with Gasteiger partial charge in [-0.3, -0.25) is 10.1 Å². The molecule has 1 N–H and O–H groups in total. The van der Waals surface area contributed by atoms with Crippen LogP contribution in [0.2, 0.25) is 0 Å². The molecule has 2 rings (SSSR count). The molecule has 0 atom stereocenters. The monoisotopic (exact) mass is 194 g/mol. The number of nitrogens with zero attached hydrogens (tertiary/aromatic N) is 1. The number of H-pyrrole nitrogens is 1. The number of aromatic nitrogens is 1. The number of thiol groups is 1. The van der Waals surface area contributed by atoms with Crippen LogP contribution in [0.15, 0.2) is 29.3 Å². The standard InChI is InChI=1S/C8H6N2O2S/c11-10(12)8-4-9-7-3-5(13)1-2-6(7)8/h1-4,9,13H. The molecule has 1 heterocycles. The number of nitrogens with one attached hydrogen (secondary N) is 1. The smallest absolute Gasteiger partial charge is 0.294 e. The van der Waals surface area contributed by atoms with E-state index in [-0.39, 0.29) is 5.69 Å². The molecule has 0 fully saturated rings. The van der Waals surface area contributed by atoms with Gasteiger partial charge in [0.05, 0.1) is 22.0 Å². The Morgan fingerprint density at radius 2 is 2.23 bits per heavy atom. The third-order valence-corrected chi connectivity index (χ3v) is 2.12. The number of benzene rings is 1. The maximum atomic E-state index is 10.5. The molecule has 0 amide bonds. The largest absolute Gasteiger partial charge is 0.355 e. The lowest BCUT2D eigenvalue weighted by atomic mass is 10.2. The summed E-state index contributed by atoms with van der Waals surface area (Å²) in [6, 6.07) is 5.17. The fraction of sp³-hybridized carbons (Fsp3) is 0. The van der Waals surface area contributed by atoms with E-state index in [9.17, 15) is 10.1 Å². The number of hydrogen-bond acceptors (Lipinski definition) is 3. The van der Waals surface area contributed by atoms with E-state index in [1.807, 2.05) is 0 Å². The van der Waals surface area contributed by atoms with Gasteiger partial charge in [0.25, 0.3) is 5.69 Å². The molecule has 1 aromatic heterocycles. The summed E-state index contributed by atoms with van der Waals surface area (Å²) in [5.41, 5.74) is 0.836. The molecule has 2 aromatic rings. The van der Waals surface area contributed by atoms with Crippen molar-refractivity contribution in [3.05, 3.63) is 34.5 Å². The van der Waals surface area contributed by atoms with Crippen molar-refractivity contribution in [2.45, 2.75) is 4.90 Å². The maximum absolute atomic E-state index is 10.5. The van der Waals surface area contributed by atoms with Gasteiger partial charge >= 0.3 is 0 Å². The van der Waals surface area contributed by atoms with Crippen LogP contribution in [0, 0.1) is 10.1 Å². The van der Waals surface area contributed by atoms with E-state index in [4.69, 9.17) is 0 Å². The van der Waals surface area contributed by atoms with E-state index >= 15 is 0 Å². The van der Waals surface area contributed by atoms with Gasteiger partial charge in [-0.25, -0.2) is 0 Å². The second-order valence-electron chi connectivity index (χ2n) is 2.66. The fourth-order valence-electron chi connectivity index (χ4n) is 1.25. The lowest BCUT2D eigenvalue weighted by Crippen LogP contribution is -1.84. The molecule has 0 spiro atoms. The average molecular weight is 194 g/mol. The van der Waals surface area contributed by atoms with Gasteiger partial charge in [-0.15, -0.1) is 12.6 Å². The van der Waals surface area contributed by atoms with Crippen LogP contribution in [-0.4, -0.2) is 9.91 Å². The molecule has 13 heavy (non-hydrogen) atoms. The summed E-state index contributed by atoms with van der Waals surface area (Å²) in [4.78, 5) is 13.7. The predicted octanol–water partition coefficient (Wildman–Crippen LogP) is 2.36. The summed E-state index contributed by atoms with van der Waals surface area (Å²) in [6.07, 6.45) is 1.39. The number of aromatic amines is 1. The second-order valence-corrected chi connectivity index (χ2v) is 3.18. The van der Waals surface area contributed by atoms with Crippen LogP contribution >= 0.6 is 12.6 Å². The Morgan fingerprint density at radius 1 is 1.46 bits per heavy atom. The number of rotatable bonds is 1. The topological polar surface area (TPSA) is 58.9 Å². The lowest BCUT2D eigenvalue weighted by Gasteiger charge is -1.91. The number of nitro groups is 1. The van der Waals surface area contributed by atoms with Gasteiger partial charge in [-0.05, 0) is 18.2 Å². The lowest BCUT2D eigenvalue weighted by molar-refractivity contribution is -0.383. The van der Waals surface area contributed by atoms with E-state index in [1.165, 1.54) is 6.20 Å². The molecule has 0 aliphatic rings. The SMILES string of the molecule is O=[N+]([O-])c1c[nH]c2cc(S)ccc12. The number of fused-ring (bicyclic) bond motifs is 1. The molecule has 0 radical (unpaired) electrons. The first-order valence-corrected chi connectivity index (χ1v) is 4.07. The summed E-state index contributed by atoms with van der Waals surface area (Å²) in [5.74, 6) is 0. The van der Waals surface area contributed by atoms with E-state index in [2.05, 4.69) is 17.6 Å². The highest BCUT2D eigenvalue weighted by Gasteiger charge is 2.12. The van der Waals surface area contributed by atoms with Crippen LogP contribution in [0.5, 0.6) is 0 Å². The zero-order chi connectivity index (χ0) is 9.42. The molecular weight excluding hydrogens is 188 g/mol. The van der Waals surface area contributed by atoms with Crippen LogP contribution < -0.4 is 0 Å². The first-order chi connectivity index (χ1) is 6.18. The molecule has 66 valence electrons. The van der Waals surface area contributed by atoms with Gasteiger partial charge in [0.1, 0.15) is 0 Å². The number of hydrogen-bond donors (Lipinski definition) is 2. The minimum atomic E-state index is -0.406. The highest BCUT2D eigenvalue weighted by Crippen LogP contribution is 2.26. The van der Waals surface area contributed by atoms with Gasteiger partial charge in [0, 0.05) is 4.90 Å². The zero-order valence-electron chi connectivity index (χ0n) is 6.52. The summed E-state index contributed by atoms with van der Waals surface area (Å²) < 4.78 is 0. The minimum absolute atomic E-state index is 0.100.